The number of rotatable bonds is 3. The second kappa shape index (κ2) is 3.99. The Morgan fingerprint density at radius 2 is 1.33 bits per heavy atom. The van der Waals surface area contributed by atoms with Gasteiger partial charge in [-0.3, -0.25) is 0 Å². The summed E-state index contributed by atoms with van der Waals surface area (Å²) in [6.07, 6.45) is 6.68. The number of ether oxygens (including phenoxy) is 1. The minimum absolute atomic E-state index is 0.0894. The molecule has 0 spiro atoms. The largest absolute Gasteiger partial charge is 0.461 e. The normalized spacial score (nSPS) is 48.5. The summed E-state index contributed by atoms with van der Waals surface area (Å²) >= 11 is 0. The van der Waals surface area contributed by atoms with Gasteiger partial charge in [-0.15, -0.1) is 0 Å². The smallest absolute Gasteiger partial charge is 0.376 e. The second-order valence-electron chi connectivity index (χ2n) is 9.46. The molecule has 0 aliphatic heterocycles. The van der Waals surface area contributed by atoms with Gasteiger partial charge in [-0.25, -0.2) is 4.79 Å². The van der Waals surface area contributed by atoms with Crippen molar-refractivity contribution in [3.8, 4) is 0 Å². The summed E-state index contributed by atoms with van der Waals surface area (Å²) in [6, 6.07) is 0. The molecule has 0 aromatic rings. The highest BCUT2D eigenvalue weighted by atomic mass is 19.3. The molecule has 0 amide bonds. The molecule has 4 saturated carbocycles. The Labute approximate surface area is 125 Å². The zero-order valence-corrected chi connectivity index (χ0v) is 13.5. The van der Waals surface area contributed by atoms with E-state index in [2.05, 4.69) is 20.8 Å². The third kappa shape index (κ3) is 2.59. The van der Waals surface area contributed by atoms with E-state index >= 15 is 0 Å². The van der Waals surface area contributed by atoms with Gasteiger partial charge in [-0.1, -0.05) is 20.8 Å². The number of hydrogen-bond donors (Lipinski definition) is 0. The molecular weight excluding hydrogens is 274 g/mol. The Morgan fingerprint density at radius 1 is 0.952 bits per heavy atom. The van der Waals surface area contributed by atoms with Crippen molar-refractivity contribution in [3.05, 3.63) is 0 Å². The highest BCUT2D eigenvalue weighted by Crippen LogP contribution is 2.73. The van der Waals surface area contributed by atoms with E-state index in [0.717, 1.165) is 19.3 Å². The predicted octanol–water partition coefficient (Wildman–Crippen LogP) is 4.57. The lowest BCUT2D eigenvalue weighted by molar-refractivity contribution is -0.210. The van der Waals surface area contributed by atoms with Gasteiger partial charge in [-0.05, 0) is 54.8 Å². The standard InChI is InChI=1S/C17H26F2O2/c1-13-5-14(2)7-15(3,6-13)10-17(8-13,9-14)11-21-12(20)16(4,18)19/h5-11H2,1-4H3. The average Bonchev–Trinajstić information content (AvgIpc) is 2.17. The quantitative estimate of drug-likeness (QED) is 0.714. The summed E-state index contributed by atoms with van der Waals surface area (Å²) in [6.45, 7) is 7.75. The van der Waals surface area contributed by atoms with Gasteiger partial charge in [0.15, 0.2) is 0 Å². The average molecular weight is 300 g/mol. The van der Waals surface area contributed by atoms with Crippen LogP contribution in [0, 0.1) is 21.7 Å². The number of carbonyl (C=O) groups excluding carboxylic acids is 1. The summed E-state index contributed by atoms with van der Waals surface area (Å²) in [5.41, 5.74) is 0.742. The van der Waals surface area contributed by atoms with E-state index < -0.39 is 11.9 Å². The van der Waals surface area contributed by atoms with Gasteiger partial charge >= 0.3 is 11.9 Å². The molecule has 4 fully saturated rings. The van der Waals surface area contributed by atoms with Crippen molar-refractivity contribution in [2.45, 2.75) is 72.1 Å². The van der Waals surface area contributed by atoms with Gasteiger partial charge in [-0.2, -0.15) is 8.78 Å². The van der Waals surface area contributed by atoms with E-state index in [1.54, 1.807) is 0 Å². The fourth-order valence-electron chi connectivity index (χ4n) is 7.06. The maximum Gasteiger partial charge on any atom is 0.376 e. The fraction of sp³-hybridized carbons (Fsp3) is 0.941. The molecule has 0 radical (unpaired) electrons. The zero-order chi connectivity index (χ0) is 15.7. The fourth-order valence-corrected chi connectivity index (χ4v) is 7.06. The Kier molecular flexibility index (Phi) is 2.90. The lowest BCUT2D eigenvalue weighted by Crippen LogP contribution is -2.60. The van der Waals surface area contributed by atoms with Crippen molar-refractivity contribution in [1.29, 1.82) is 0 Å². The van der Waals surface area contributed by atoms with Crippen LogP contribution in [0.3, 0.4) is 0 Å². The molecular formula is C17H26F2O2. The minimum atomic E-state index is -3.39. The van der Waals surface area contributed by atoms with E-state index in [9.17, 15) is 13.6 Å². The molecule has 120 valence electrons. The maximum absolute atomic E-state index is 13.0. The topological polar surface area (TPSA) is 26.3 Å². The molecule has 4 bridgehead atoms. The van der Waals surface area contributed by atoms with E-state index in [0.29, 0.717) is 6.92 Å². The molecule has 0 heterocycles. The molecule has 4 heteroatoms. The van der Waals surface area contributed by atoms with Crippen LogP contribution in [-0.2, 0) is 9.53 Å². The SMILES string of the molecule is CC12CC3(C)CC(C)(C1)CC(COC(=O)C(C)(F)F)(C2)C3. The number of alkyl halides is 2. The number of carbonyl (C=O) groups is 1. The highest BCUT2D eigenvalue weighted by Gasteiger charge is 2.64. The molecule has 0 aromatic heterocycles. The Morgan fingerprint density at radius 3 is 1.67 bits per heavy atom. The molecule has 0 unspecified atom stereocenters. The van der Waals surface area contributed by atoms with E-state index in [1.807, 2.05) is 0 Å². The molecule has 21 heavy (non-hydrogen) atoms. The van der Waals surface area contributed by atoms with E-state index in [1.165, 1.54) is 19.3 Å². The van der Waals surface area contributed by atoms with E-state index in [4.69, 9.17) is 4.74 Å². The molecule has 4 rings (SSSR count). The molecule has 4 aliphatic carbocycles. The lowest BCUT2D eigenvalue weighted by Gasteiger charge is -2.68. The van der Waals surface area contributed by atoms with Crippen LogP contribution >= 0.6 is 0 Å². The summed E-state index contributed by atoms with van der Waals surface area (Å²) in [7, 11) is 0. The number of hydrogen-bond acceptors (Lipinski definition) is 2. The summed E-state index contributed by atoms with van der Waals surface area (Å²) in [4.78, 5) is 11.4. The van der Waals surface area contributed by atoms with Gasteiger partial charge in [0.05, 0.1) is 6.61 Å². The van der Waals surface area contributed by atoms with E-state index in [-0.39, 0.29) is 28.3 Å². The Balaban J connectivity index is 1.80. The minimum Gasteiger partial charge on any atom is -0.461 e. The molecule has 0 aromatic carbocycles. The van der Waals surface area contributed by atoms with Gasteiger partial charge in [0.1, 0.15) is 0 Å². The van der Waals surface area contributed by atoms with Gasteiger partial charge in [0.25, 0.3) is 0 Å². The first kappa shape index (κ1) is 15.2. The third-order valence-corrected chi connectivity index (χ3v) is 5.83. The maximum atomic E-state index is 13.0. The van der Waals surface area contributed by atoms with Crippen molar-refractivity contribution >= 4 is 5.97 Å². The van der Waals surface area contributed by atoms with Crippen molar-refractivity contribution in [2.75, 3.05) is 6.61 Å². The molecule has 0 saturated heterocycles. The number of halogens is 2. The first-order chi connectivity index (χ1) is 9.37. The van der Waals surface area contributed by atoms with Gasteiger partial charge in [0.2, 0.25) is 0 Å². The number of esters is 1. The van der Waals surface area contributed by atoms with Crippen molar-refractivity contribution in [3.63, 3.8) is 0 Å². The first-order valence-electron chi connectivity index (χ1n) is 7.92. The Bertz CT molecular complexity index is 426. The second-order valence-corrected chi connectivity index (χ2v) is 9.46. The molecule has 0 atom stereocenters. The van der Waals surface area contributed by atoms with Crippen LogP contribution < -0.4 is 0 Å². The van der Waals surface area contributed by atoms with Crippen LogP contribution in [-0.4, -0.2) is 18.5 Å². The molecule has 0 N–H and O–H groups in total. The Hall–Kier alpha value is -0.670. The van der Waals surface area contributed by atoms with Crippen molar-refractivity contribution in [2.24, 2.45) is 21.7 Å². The predicted molar refractivity (Wildman–Crippen MR) is 76.0 cm³/mol. The molecule has 2 nitrogen and oxygen atoms in total. The summed E-state index contributed by atoms with van der Waals surface area (Å²) in [5, 5.41) is 0. The molecule has 4 aliphatic rings. The van der Waals surface area contributed by atoms with Crippen LogP contribution in [0.5, 0.6) is 0 Å². The summed E-state index contributed by atoms with van der Waals surface area (Å²) < 4.78 is 31.1. The van der Waals surface area contributed by atoms with Crippen LogP contribution in [0.4, 0.5) is 8.78 Å². The first-order valence-corrected chi connectivity index (χ1v) is 7.92. The van der Waals surface area contributed by atoms with Crippen molar-refractivity contribution < 1.29 is 18.3 Å². The third-order valence-electron chi connectivity index (χ3n) is 5.83. The van der Waals surface area contributed by atoms with Crippen LogP contribution in [0.25, 0.3) is 0 Å². The van der Waals surface area contributed by atoms with Crippen LogP contribution in [0.1, 0.15) is 66.2 Å². The van der Waals surface area contributed by atoms with Gasteiger partial charge in [0, 0.05) is 12.3 Å². The zero-order valence-electron chi connectivity index (χ0n) is 13.5. The van der Waals surface area contributed by atoms with Gasteiger partial charge < -0.3 is 4.74 Å². The highest BCUT2D eigenvalue weighted by molar-refractivity contribution is 5.76. The summed E-state index contributed by atoms with van der Waals surface area (Å²) in [5.74, 6) is -4.77. The van der Waals surface area contributed by atoms with Crippen molar-refractivity contribution in [1.82, 2.24) is 0 Å². The lowest BCUT2D eigenvalue weighted by atomic mass is 9.36. The monoisotopic (exact) mass is 300 g/mol. The van der Waals surface area contributed by atoms with Crippen LogP contribution in [0.15, 0.2) is 0 Å². The van der Waals surface area contributed by atoms with Crippen LogP contribution in [0.2, 0.25) is 0 Å².